The van der Waals surface area contributed by atoms with Crippen molar-refractivity contribution in [3.63, 3.8) is 0 Å². The minimum absolute atomic E-state index is 0.0164. The van der Waals surface area contributed by atoms with Crippen LogP contribution < -0.4 is 0 Å². The number of aryl methyl sites for hydroxylation is 1. The number of sulfonamides is 1. The summed E-state index contributed by atoms with van der Waals surface area (Å²) in [7, 11) is -3.57. The molecule has 0 fully saturated rings. The molecule has 0 saturated carbocycles. The van der Waals surface area contributed by atoms with Crippen molar-refractivity contribution >= 4 is 10.0 Å². The van der Waals surface area contributed by atoms with Crippen LogP contribution in [0.2, 0.25) is 0 Å². The fraction of sp³-hybridized carbons (Fsp3) is 0.238. The molecule has 1 aliphatic carbocycles. The number of benzene rings is 2. The first-order valence-electron chi connectivity index (χ1n) is 8.47. The van der Waals surface area contributed by atoms with Crippen LogP contribution in [0.25, 0.3) is 0 Å². The Morgan fingerprint density at radius 2 is 1.72 bits per heavy atom. The molecule has 0 amide bonds. The van der Waals surface area contributed by atoms with Gasteiger partial charge in [0, 0.05) is 12.5 Å². The van der Waals surface area contributed by atoms with E-state index in [2.05, 4.69) is 24.3 Å². The third-order valence-electron chi connectivity index (χ3n) is 5.42. The van der Waals surface area contributed by atoms with Gasteiger partial charge in [0.1, 0.15) is 0 Å². The Labute approximate surface area is 149 Å². The van der Waals surface area contributed by atoms with Crippen LogP contribution in [-0.4, -0.2) is 24.8 Å². The summed E-state index contributed by atoms with van der Waals surface area (Å²) in [6.45, 7) is 4.41. The fourth-order valence-corrected chi connectivity index (χ4v) is 5.69. The second-order valence-electron chi connectivity index (χ2n) is 6.90. The van der Waals surface area contributed by atoms with Crippen LogP contribution >= 0.6 is 0 Å². The van der Waals surface area contributed by atoms with E-state index in [0.29, 0.717) is 11.4 Å². The van der Waals surface area contributed by atoms with E-state index in [1.54, 1.807) is 16.4 Å². The van der Waals surface area contributed by atoms with Crippen LogP contribution in [0.3, 0.4) is 0 Å². The van der Waals surface area contributed by atoms with Crippen LogP contribution in [0, 0.1) is 6.92 Å². The maximum Gasteiger partial charge on any atom is 0.244 e. The summed E-state index contributed by atoms with van der Waals surface area (Å²) in [6.07, 6.45) is 6.23. The molecule has 0 spiro atoms. The third-order valence-corrected chi connectivity index (χ3v) is 7.40. The van der Waals surface area contributed by atoms with E-state index in [1.165, 1.54) is 0 Å². The van der Waals surface area contributed by atoms with Crippen molar-refractivity contribution in [2.45, 2.75) is 30.2 Å². The second-order valence-corrected chi connectivity index (χ2v) is 8.77. The van der Waals surface area contributed by atoms with Gasteiger partial charge in [-0.05, 0) is 37.1 Å². The minimum atomic E-state index is -3.57. The zero-order valence-electron chi connectivity index (χ0n) is 14.4. The van der Waals surface area contributed by atoms with Crippen molar-refractivity contribution in [1.29, 1.82) is 0 Å². The quantitative estimate of drug-likeness (QED) is 0.837. The lowest BCUT2D eigenvalue weighted by molar-refractivity contribution is 0.276. The fourth-order valence-electron chi connectivity index (χ4n) is 3.96. The molecule has 25 heavy (non-hydrogen) atoms. The Hall–Kier alpha value is -2.17. The first kappa shape index (κ1) is 16.3. The predicted octanol–water partition coefficient (Wildman–Crippen LogP) is 4.04. The van der Waals surface area contributed by atoms with E-state index in [9.17, 15) is 8.42 Å². The van der Waals surface area contributed by atoms with Crippen LogP contribution in [-0.2, 0) is 10.0 Å². The Balaban J connectivity index is 1.78. The number of nitrogens with zero attached hydrogens (tertiary/aromatic N) is 1. The van der Waals surface area contributed by atoms with Gasteiger partial charge >= 0.3 is 0 Å². The van der Waals surface area contributed by atoms with Crippen LogP contribution in [0.15, 0.2) is 83.3 Å². The zero-order chi connectivity index (χ0) is 17.7. The van der Waals surface area contributed by atoms with Crippen molar-refractivity contribution < 1.29 is 8.42 Å². The third kappa shape index (κ3) is 2.40. The van der Waals surface area contributed by atoms with Gasteiger partial charge in [0.05, 0.1) is 10.4 Å². The molecule has 4 rings (SSSR count). The van der Waals surface area contributed by atoms with E-state index < -0.39 is 15.6 Å². The molecular weight excluding hydrogens is 330 g/mol. The highest BCUT2D eigenvalue weighted by Gasteiger charge is 2.52. The molecular formula is C21H21NO2S. The summed E-state index contributed by atoms with van der Waals surface area (Å²) in [4.78, 5) is 0.354. The van der Waals surface area contributed by atoms with E-state index in [0.717, 1.165) is 16.7 Å². The van der Waals surface area contributed by atoms with Crippen LogP contribution in [0.4, 0.5) is 0 Å². The largest absolute Gasteiger partial charge is 0.244 e. The first-order chi connectivity index (χ1) is 11.9. The lowest BCUT2D eigenvalue weighted by Crippen LogP contribution is -2.49. The van der Waals surface area contributed by atoms with Gasteiger partial charge in [-0.3, -0.25) is 0 Å². The molecule has 2 atom stereocenters. The van der Waals surface area contributed by atoms with E-state index in [1.807, 2.05) is 50.3 Å². The summed E-state index contributed by atoms with van der Waals surface area (Å²) in [5.41, 5.74) is 2.69. The average Bonchev–Trinajstić information content (AvgIpc) is 3.10. The summed E-state index contributed by atoms with van der Waals surface area (Å²) in [6, 6.07) is 17.2. The van der Waals surface area contributed by atoms with Gasteiger partial charge in [0.15, 0.2) is 0 Å². The average molecular weight is 351 g/mol. The van der Waals surface area contributed by atoms with Gasteiger partial charge < -0.3 is 0 Å². The molecule has 0 unspecified atom stereocenters. The maximum absolute atomic E-state index is 13.3. The summed E-state index contributed by atoms with van der Waals surface area (Å²) >= 11 is 0. The Morgan fingerprint density at radius 3 is 2.40 bits per heavy atom. The standard InChI is InChI=1S/C21H21NO2S/c1-16-8-11-19(12-9-16)25(23,24)22-15-14-18-10-13-20(21(18,22)2)17-6-4-3-5-7-17/h3-14,20H,15H2,1-2H3/t20-,21+/m0/s1. The number of hydrogen-bond acceptors (Lipinski definition) is 2. The van der Waals surface area contributed by atoms with Crippen molar-refractivity contribution in [3.05, 3.63) is 89.5 Å². The predicted molar refractivity (Wildman–Crippen MR) is 99.9 cm³/mol. The molecule has 0 N–H and O–H groups in total. The molecule has 2 aliphatic rings. The van der Waals surface area contributed by atoms with Gasteiger partial charge in [-0.15, -0.1) is 0 Å². The van der Waals surface area contributed by atoms with E-state index in [4.69, 9.17) is 0 Å². The maximum atomic E-state index is 13.3. The topological polar surface area (TPSA) is 37.4 Å². The van der Waals surface area contributed by atoms with Crippen molar-refractivity contribution in [2.75, 3.05) is 6.54 Å². The lowest BCUT2D eigenvalue weighted by Gasteiger charge is -2.39. The van der Waals surface area contributed by atoms with E-state index in [-0.39, 0.29) is 5.92 Å². The highest BCUT2D eigenvalue weighted by molar-refractivity contribution is 7.89. The van der Waals surface area contributed by atoms with Gasteiger partial charge in [-0.2, -0.15) is 4.31 Å². The molecule has 1 aliphatic heterocycles. The summed E-state index contributed by atoms with van der Waals surface area (Å²) in [5, 5.41) is 0. The Morgan fingerprint density at radius 1 is 1.04 bits per heavy atom. The van der Waals surface area contributed by atoms with Gasteiger partial charge in [-0.1, -0.05) is 66.3 Å². The van der Waals surface area contributed by atoms with Crippen molar-refractivity contribution in [2.24, 2.45) is 0 Å². The molecule has 4 heteroatoms. The normalized spacial score (nSPS) is 25.8. The van der Waals surface area contributed by atoms with Crippen molar-refractivity contribution in [3.8, 4) is 0 Å². The van der Waals surface area contributed by atoms with Crippen LogP contribution in [0.5, 0.6) is 0 Å². The van der Waals surface area contributed by atoms with Crippen molar-refractivity contribution in [1.82, 2.24) is 4.31 Å². The lowest BCUT2D eigenvalue weighted by atomic mass is 9.82. The SMILES string of the molecule is Cc1ccc(S(=O)(=O)N2CC=C3C=C[C@@H](c4ccccc4)[C@@]32C)cc1. The molecule has 1 heterocycles. The summed E-state index contributed by atoms with van der Waals surface area (Å²) < 4.78 is 28.3. The number of fused-ring (bicyclic) bond motifs is 1. The Kier molecular flexibility index (Phi) is 3.71. The monoisotopic (exact) mass is 351 g/mol. The van der Waals surface area contributed by atoms with Gasteiger partial charge in [-0.25, -0.2) is 8.42 Å². The molecule has 0 radical (unpaired) electrons. The number of hydrogen-bond donors (Lipinski definition) is 0. The smallest absolute Gasteiger partial charge is 0.207 e. The molecule has 0 saturated heterocycles. The molecule has 128 valence electrons. The highest BCUT2D eigenvalue weighted by atomic mass is 32.2. The summed E-state index contributed by atoms with van der Waals surface area (Å²) in [5.74, 6) is 0.0164. The zero-order valence-corrected chi connectivity index (χ0v) is 15.2. The molecule has 2 aromatic carbocycles. The van der Waals surface area contributed by atoms with E-state index >= 15 is 0 Å². The van der Waals surface area contributed by atoms with Gasteiger partial charge in [0.2, 0.25) is 10.0 Å². The molecule has 2 aromatic rings. The number of rotatable bonds is 3. The minimum Gasteiger partial charge on any atom is -0.207 e. The molecule has 0 bridgehead atoms. The molecule has 0 aromatic heterocycles. The highest BCUT2D eigenvalue weighted by Crippen LogP contribution is 2.50. The van der Waals surface area contributed by atoms with Gasteiger partial charge in [0.25, 0.3) is 0 Å². The second kappa shape index (κ2) is 5.68. The Bertz CT molecular complexity index is 959. The first-order valence-corrected chi connectivity index (χ1v) is 9.91. The van der Waals surface area contributed by atoms with Crippen LogP contribution in [0.1, 0.15) is 24.0 Å². The molecule has 3 nitrogen and oxygen atoms in total.